The first-order valence-electron chi connectivity index (χ1n) is 9.69. The van der Waals surface area contributed by atoms with Gasteiger partial charge < -0.3 is 9.47 Å². The highest BCUT2D eigenvalue weighted by molar-refractivity contribution is 6.17. The monoisotopic (exact) mass is 362 g/mol. The molecule has 2 rings (SSSR count). The van der Waals surface area contributed by atoms with E-state index in [9.17, 15) is 0 Å². The van der Waals surface area contributed by atoms with Gasteiger partial charge in [0.2, 0.25) is 0 Å². The van der Waals surface area contributed by atoms with Crippen molar-refractivity contribution in [3.63, 3.8) is 0 Å². The fraction of sp³-hybridized carbons (Fsp3) is 0.545. The molecule has 0 spiro atoms. The van der Waals surface area contributed by atoms with Gasteiger partial charge in [-0.05, 0) is 60.7 Å². The third-order valence-corrected chi connectivity index (χ3v) is 4.61. The molecule has 0 amide bonds. The zero-order chi connectivity index (χ0) is 17.7. The third-order valence-electron chi connectivity index (χ3n) is 4.35. The second kappa shape index (κ2) is 12.0. The standard InChI is InChI=1S/C22H31ClO2/c1-2-3-4-5-8-15-24-21-12-10-20-18-22(13-11-19(20)17-21)25-16-9-6-7-14-23/h10-13,17-18H,2-9,14-16H2,1H3. The van der Waals surface area contributed by atoms with Crippen LogP contribution in [0.4, 0.5) is 0 Å². The van der Waals surface area contributed by atoms with E-state index in [0.717, 1.165) is 56.3 Å². The average Bonchev–Trinajstić information content (AvgIpc) is 2.64. The number of benzene rings is 2. The molecule has 0 aromatic heterocycles. The summed E-state index contributed by atoms with van der Waals surface area (Å²) < 4.78 is 11.7. The number of halogens is 1. The van der Waals surface area contributed by atoms with Gasteiger partial charge >= 0.3 is 0 Å². The predicted octanol–water partition coefficient (Wildman–Crippen LogP) is 6.98. The fourth-order valence-electron chi connectivity index (χ4n) is 2.84. The van der Waals surface area contributed by atoms with Crippen molar-refractivity contribution in [2.45, 2.75) is 58.3 Å². The Hall–Kier alpha value is -1.41. The molecule has 0 fully saturated rings. The number of fused-ring (bicyclic) bond motifs is 1. The Labute approximate surface area is 157 Å². The third kappa shape index (κ3) is 7.56. The molecule has 0 bridgehead atoms. The Bertz CT molecular complexity index is 612. The zero-order valence-electron chi connectivity index (χ0n) is 15.4. The molecule has 0 aliphatic heterocycles. The molecule has 2 nitrogen and oxygen atoms in total. The summed E-state index contributed by atoms with van der Waals surface area (Å²) in [5.74, 6) is 2.62. The van der Waals surface area contributed by atoms with Crippen LogP contribution in [0.15, 0.2) is 36.4 Å². The summed E-state index contributed by atoms with van der Waals surface area (Å²) in [4.78, 5) is 0. The average molecular weight is 363 g/mol. The maximum atomic E-state index is 5.88. The van der Waals surface area contributed by atoms with Crippen molar-refractivity contribution < 1.29 is 9.47 Å². The van der Waals surface area contributed by atoms with E-state index in [0.29, 0.717) is 0 Å². The summed E-state index contributed by atoms with van der Waals surface area (Å²) in [5.41, 5.74) is 0. The summed E-state index contributed by atoms with van der Waals surface area (Å²) in [7, 11) is 0. The van der Waals surface area contributed by atoms with Crippen LogP contribution >= 0.6 is 11.6 Å². The van der Waals surface area contributed by atoms with E-state index in [4.69, 9.17) is 21.1 Å². The molecule has 0 N–H and O–H groups in total. The van der Waals surface area contributed by atoms with Crippen LogP contribution in [0.1, 0.15) is 58.3 Å². The van der Waals surface area contributed by atoms with E-state index in [-0.39, 0.29) is 0 Å². The lowest BCUT2D eigenvalue weighted by Gasteiger charge is -2.09. The van der Waals surface area contributed by atoms with Gasteiger partial charge in [0.1, 0.15) is 11.5 Å². The molecule has 0 radical (unpaired) electrons. The Morgan fingerprint density at radius 3 is 1.72 bits per heavy atom. The number of hydrogen-bond donors (Lipinski definition) is 0. The minimum Gasteiger partial charge on any atom is -0.494 e. The van der Waals surface area contributed by atoms with E-state index in [1.165, 1.54) is 36.5 Å². The van der Waals surface area contributed by atoms with E-state index >= 15 is 0 Å². The van der Waals surface area contributed by atoms with Gasteiger partial charge in [0.05, 0.1) is 13.2 Å². The van der Waals surface area contributed by atoms with E-state index < -0.39 is 0 Å². The molecule has 25 heavy (non-hydrogen) atoms. The maximum Gasteiger partial charge on any atom is 0.119 e. The largest absolute Gasteiger partial charge is 0.494 e. The first-order valence-corrected chi connectivity index (χ1v) is 10.2. The maximum absolute atomic E-state index is 5.88. The van der Waals surface area contributed by atoms with Crippen molar-refractivity contribution >= 4 is 22.4 Å². The topological polar surface area (TPSA) is 18.5 Å². The number of rotatable bonds is 13. The van der Waals surface area contributed by atoms with Crippen molar-refractivity contribution in [2.75, 3.05) is 19.1 Å². The van der Waals surface area contributed by atoms with Gasteiger partial charge in [-0.15, -0.1) is 11.6 Å². The van der Waals surface area contributed by atoms with Crippen LogP contribution in [0.5, 0.6) is 11.5 Å². The predicted molar refractivity (Wildman–Crippen MR) is 108 cm³/mol. The fourth-order valence-corrected chi connectivity index (χ4v) is 3.03. The summed E-state index contributed by atoms with van der Waals surface area (Å²) in [6.07, 6.45) is 9.54. The van der Waals surface area contributed by atoms with Gasteiger partial charge in [-0.3, -0.25) is 0 Å². The smallest absolute Gasteiger partial charge is 0.119 e. The SMILES string of the molecule is CCCCCCCOc1ccc2cc(OCCCCCCl)ccc2c1. The molecule has 0 heterocycles. The molecule has 0 atom stereocenters. The lowest BCUT2D eigenvalue weighted by molar-refractivity contribution is 0.304. The Morgan fingerprint density at radius 1 is 0.680 bits per heavy atom. The molecule has 0 aliphatic rings. The minimum atomic E-state index is 0.735. The quantitative estimate of drug-likeness (QED) is 0.282. The summed E-state index contributed by atoms with van der Waals surface area (Å²) in [6.45, 7) is 3.80. The van der Waals surface area contributed by atoms with Crippen LogP contribution < -0.4 is 9.47 Å². The van der Waals surface area contributed by atoms with Crippen LogP contribution in [-0.2, 0) is 0 Å². The van der Waals surface area contributed by atoms with Gasteiger partial charge in [0.25, 0.3) is 0 Å². The van der Waals surface area contributed by atoms with E-state index in [1.807, 2.05) is 6.07 Å². The van der Waals surface area contributed by atoms with Crippen molar-refractivity contribution in [3.8, 4) is 11.5 Å². The van der Waals surface area contributed by atoms with Crippen LogP contribution in [-0.4, -0.2) is 19.1 Å². The molecular weight excluding hydrogens is 332 g/mol. The Morgan fingerprint density at radius 2 is 1.20 bits per heavy atom. The summed E-state index contributed by atoms with van der Waals surface area (Å²) in [5, 5.41) is 2.38. The van der Waals surface area contributed by atoms with Crippen LogP contribution in [0.3, 0.4) is 0 Å². The van der Waals surface area contributed by atoms with Gasteiger partial charge in [0.15, 0.2) is 0 Å². The van der Waals surface area contributed by atoms with Crippen molar-refractivity contribution in [1.82, 2.24) is 0 Å². The molecular formula is C22H31ClO2. The zero-order valence-corrected chi connectivity index (χ0v) is 16.2. The van der Waals surface area contributed by atoms with Gasteiger partial charge in [-0.25, -0.2) is 0 Å². The summed E-state index contributed by atoms with van der Waals surface area (Å²) >= 11 is 5.68. The molecule has 0 unspecified atom stereocenters. The molecule has 2 aromatic rings. The lowest BCUT2D eigenvalue weighted by Crippen LogP contribution is -1.98. The number of unbranched alkanes of at least 4 members (excludes halogenated alkanes) is 6. The van der Waals surface area contributed by atoms with Crippen molar-refractivity contribution in [1.29, 1.82) is 0 Å². The van der Waals surface area contributed by atoms with Gasteiger partial charge in [0, 0.05) is 5.88 Å². The van der Waals surface area contributed by atoms with Crippen molar-refractivity contribution in [2.24, 2.45) is 0 Å². The van der Waals surface area contributed by atoms with E-state index in [2.05, 4.69) is 37.3 Å². The number of ether oxygens (including phenoxy) is 2. The number of hydrogen-bond acceptors (Lipinski definition) is 2. The molecule has 0 saturated carbocycles. The molecule has 138 valence electrons. The Kier molecular flexibility index (Phi) is 9.58. The lowest BCUT2D eigenvalue weighted by atomic mass is 10.1. The normalized spacial score (nSPS) is 11.0. The highest BCUT2D eigenvalue weighted by atomic mass is 35.5. The highest BCUT2D eigenvalue weighted by Gasteiger charge is 2.01. The number of alkyl halides is 1. The molecule has 0 saturated heterocycles. The second-order valence-corrected chi connectivity index (χ2v) is 6.91. The van der Waals surface area contributed by atoms with Crippen molar-refractivity contribution in [3.05, 3.63) is 36.4 Å². The first kappa shape index (κ1) is 19.9. The highest BCUT2D eigenvalue weighted by Crippen LogP contribution is 2.25. The first-order chi connectivity index (χ1) is 12.3. The minimum absolute atomic E-state index is 0.735. The van der Waals surface area contributed by atoms with Crippen LogP contribution in [0.2, 0.25) is 0 Å². The Balaban J connectivity index is 1.79. The molecule has 2 aromatic carbocycles. The van der Waals surface area contributed by atoms with Gasteiger partial charge in [-0.1, -0.05) is 44.7 Å². The van der Waals surface area contributed by atoms with Gasteiger partial charge in [-0.2, -0.15) is 0 Å². The van der Waals surface area contributed by atoms with Crippen LogP contribution in [0.25, 0.3) is 10.8 Å². The molecule has 3 heteroatoms. The second-order valence-electron chi connectivity index (χ2n) is 6.53. The molecule has 0 aliphatic carbocycles. The summed E-state index contributed by atoms with van der Waals surface area (Å²) in [6, 6.07) is 12.5. The van der Waals surface area contributed by atoms with E-state index in [1.54, 1.807) is 0 Å². The van der Waals surface area contributed by atoms with Crippen LogP contribution in [0, 0.1) is 0 Å².